The summed E-state index contributed by atoms with van der Waals surface area (Å²) in [6.45, 7) is 5.05. The molecule has 0 saturated heterocycles. The summed E-state index contributed by atoms with van der Waals surface area (Å²) in [6, 6.07) is 5.31. The lowest BCUT2D eigenvalue weighted by atomic mass is 9.98. The van der Waals surface area contributed by atoms with Crippen molar-refractivity contribution in [3.8, 4) is 0 Å². The van der Waals surface area contributed by atoms with E-state index >= 15 is 0 Å². The second-order valence-corrected chi connectivity index (χ2v) is 5.77. The van der Waals surface area contributed by atoms with Crippen LogP contribution in [0.25, 0.3) is 0 Å². The standard InChI is InChI=1S/C14H15BrFNS/c1-3-17-14(11-8-18-7-9(11)2)10-4-5-13(16)12(15)6-10/h4-8,14,17H,3H2,1-2H3. The van der Waals surface area contributed by atoms with Crippen LogP contribution in [0.2, 0.25) is 0 Å². The Labute approximate surface area is 119 Å². The molecule has 1 atom stereocenters. The minimum Gasteiger partial charge on any atom is -0.306 e. The molecule has 0 spiro atoms. The molecule has 1 heterocycles. The molecule has 0 aliphatic rings. The van der Waals surface area contributed by atoms with Crippen LogP contribution in [0.3, 0.4) is 0 Å². The molecular weight excluding hydrogens is 313 g/mol. The fourth-order valence-corrected chi connectivity index (χ4v) is 3.24. The van der Waals surface area contributed by atoms with Crippen molar-refractivity contribution in [1.29, 1.82) is 0 Å². The highest BCUT2D eigenvalue weighted by atomic mass is 79.9. The van der Waals surface area contributed by atoms with E-state index in [9.17, 15) is 4.39 Å². The maximum absolute atomic E-state index is 13.3. The van der Waals surface area contributed by atoms with E-state index in [4.69, 9.17) is 0 Å². The predicted molar refractivity (Wildman–Crippen MR) is 78.7 cm³/mol. The van der Waals surface area contributed by atoms with Crippen molar-refractivity contribution in [2.24, 2.45) is 0 Å². The van der Waals surface area contributed by atoms with E-state index in [-0.39, 0.29) is 11.9 Å². The fraction of sp³-hybridized carbons (Fsp3) is 0.286. The lowest BCUT2D eigenvalue weighted by molar-refractivity contribution is 0.608. The summed E-state index contributed by atoms with van der Waals surface area (Å²) in [5.41, 5.74) is 3.61. The maximum atomic E-state index is 13.3. The number of nitrogens with one attached hydrogen (secondary N) is 1. The first kappa shape index (κ1) is 13.7. The van der Waals surface area contributed by atoms with Crippen molar-refractivity contribution in [2.75, 3.05) is 6.54 Å². The number of hydrogen-bond acceptors (Lipinski definition) is 2. The van der Waals surface area contributed by atoms with Gasteiger partial charge in [-0.3, -0.25) is 0 Å². The SMILES string of the molecule is CCNC(c1ccc(F)c(Br)c1)c1cscc1C. The smallest absolute Gasteiger partial charge is 0.137 e. The van der Waals surface area contributed by atoms with Crippen LogP contribution in [0.4, 0.5) is 4.39 Å². The summed E-state index contributed by atoms with van der Waals surface area (Å²) >= 11 is 4.94. The lowest BCUT2D eigenvalue weighted by Crippen LogP contribution is -2.22. The fourth-order valence-electron chi connectivity index (χ4n) is 1.97. The molecule has 1 nitrogen and oxygen atoms in total. The van der Waals surface area contributed by atoms with Crippen LogP contribution in [0.15, 0.2) is 33.4 Å². The van der Waals surface area contributed by atoms with Crippen LogP contribution in [-0.2, 0) is 0 Å². The zero-order valence-electron chi connectivity index (χ0n) is 10.3. The van der Waals surface area contributed by atoms with E-state index in [1.54, 1.807) is 11.3 Å². The Balaban J connectivity index is 2.41. The molecule has 0 fully saturated rings. The molecule has 2 rings (SSSR count). The second kappa shape index (κ2) is 5.95. The lowest BCUT2D eigenvalue weighted by Gasteiger charge is -2.19. The Morgan fingerprint density at radius 2 is 2.17 bits per heavy atom. The minimum atomic E-state index is -0.226. The second-order valence-electron chi connectivity index (χ2n) is 4.17. The van der Waals surface area contributed by atoms with E-state index in [0.717, 1.165) is 12.1 Å². The van der Waals surface area contributed by atoms with Gasteiger partial charge in [0, 0.05) is 0 Å². The van der Waals surface area contributed by atoms with Gasteiger partial charge in [0.2, 0.25) is 0 Å². The third-order valence-electron chi connectivity index (χ3n) is 2.89. The predicted octanol–water partition coefficient (Wildman–Crippen LogP) is 4.66. The van der Waals surface area contributed by atoms with Crippen molar-refractivity contribution in [3.63, 3.8) is 0 Å². The van der Waals surface area contributed by atoms with Crippen molar-refractivity contribution in [1.82, 2.24) is 5.32 Å². The molecule has 4 heteroatoms. The van der Waals surface area contributed by atoms with Gasteiger partial charge >= 0.3 is 0 Å². The summed E-state index contributed by atoms with van der Waals surface area (Å²) in [5.74, 6) is -0.226. The van der Waals surface area contributed by atoms with E-state index in [0.29, 0.717) is 4.47 Å². The van der Waals surface area contributed by atoms with Crippen molar-refractivity contribution < 1.29 is 4.39 Å². The molecule has 1 aromatic heterocycles. The number of hydrogen-bond donors (Lipinski definition) is 1. The molecule has 1 unspecified atom stereocenters. The molecule has 1 N–H and O–H groups in total. The maximum Gasteiger partial charge on any atom is 0.137 e. The average Bonchev–Trinajstić information content (AvgIpc) is 2.76. The van der Waals surface area contributed by atoms with Crippen LogP contribution < -0.4 is 5.32 Å². The van der Waals surface area contributed by atoms with Gasteiger partial charge in [-0.1, -0.05) is 13.0 Å². The summed E-state index contributed by atoms with van der Waals surface area (Å²) in [7, 11) is 0. The summed E-state index contributed by atoms with van der Waals surface area (Å²) < 4.78 is 13.8. The zero-order chi connectivity index (χ0) is 13.1. The van der Waals surface area contributed by atoms with Crippen molar-refractivity contribution in [3.05, 3.63) is 55.9 Å². The van der Waals surface area contributed by atoms with E-state index in [2.05, 4.69) is 45.9 Å². The van der Waals surface area contributed by atoms with Gasteiger partial charge in [0.25, 0.3) is 0 Å². The molecule has 18 heavy (non-hydrogen) atoms. The molecule has 0 amide bonds. The first-order valence-corrected chi connectivity index (χ1v) is 7.58. The highest BCUT2D eigenvalue weighted by Crippen LogP contribution is 2.29. The number of thiophene rings is 1. The quantitative estimate of drug-likeness (QED) is 0.861. The van der Waals surface area contributed by atoms with Gasteiger partial charge in [-0.25, -0.2) is 4.39 Å². The molecule has 0 bridgehead atoms. The first-order valence-electron chi connectivity index (χ1n) is 5.84. The number of halogens is 2. The van der Waals surface area contributed by atoms with Crippen LogP contribution in [-0.4, -0.2) is 6.54 Å². The van der Waals surface area contributed by atoms with E-state index < -0.39 is 0 Å². The Hall–Kier alpha value is -0.710. The Morgan fingerprint density at radius 1 is 1.39 bits per heavy atom. The van der Waals surface area contributed by atoms with Gasteiger partial charge in [-0.2, -0.15) is 11.3 Å². The summed E-state index contributed by atoms with van der Waals surface area (Å²) in [5, 5.41) is 7.74. The zero-order valence-corrected chi connectivity index (χ0v) is 12.7. The molecule has 96 valence electrons. The minimum absolute atomic E-state index is 0.123. The number of rotatable bonds is 4. The topological polar surface area (TPSA) is 12.0 Å². The third-order valence-corrected chi connectivity index (χ3v) is 4.38. The molecule has 2 aromatic rings. The molecule has 0 radical (unpaired) electrons. The van der Waals surface area contributed by atoms with Gasteiger partial charge < -0.3 is 5.32 Å². The summed E-state index contributed by atoms with van der Waals surface area (Å²) in [4.78, 5) is 0. The van der Waals surface area contributed by atoms with E-state index in [1.165, 1.54) is 17.2 Å². The van der Waals surface area contributed by atoms with Crippen molar-refractivity contribution >= 4 is 27.3 Å². The molecular formula is C14H15BrFNS. The monoisotopic (exact) mass is 327 g/mol. The van der Waals surface area contributed by atoms with Crippen LogP contribution >= 0.6 is 27.3 Å². The highest BCUT2D eigenvalue weighted by Gasteiger charge is 2.16. The number of aryl methyl sites for hydroxylation is 1. The molecule has 0 aliphatic heterocycles. The van der Waals surface area contributed by atoms with Crippen LogP contribution in [0, 0.1) is 12.7 Å². The Morgan fingerprint density at radius 3 is 2.72 bits per heavy atom. The number of benzene rings is 1. The largest absolute Gasteiger partial charge is 0.306 e. The van der Waals surface area contributed by atoms with Gasteiger partial charge in [-0.05, 0) is 69.0 Å². The van der Waals surface area contributed by atoms with Gasteiger partial charge in [0.05, 0.1) is 10.5 Å². The van der Waals surface area contributed by atoms with Gasteiger partial charge in [-0.15, -0.1) is 0 Å². The van der Waals surface area contributed by atoms with E-state index in [1.807, 2.05) is 12.1 Å². The highest BCUT2D eigenvalue weighted by molar-refractivity contribution is 9.10. The van der Waals surface area contributed by atoms with Gasteiger partial charge in [0.15, 0.2) is 0 Å². The first-order chi connectivity index (χ1) is 8.63. The Bertz CT molecular complexity index is 538. The Kier molecular flexibility index (Phi) is 4.54. The summed E-state index contributed by atoms with van der Waals surface area (Å²) in [6.07, 6.45) is 0. The molecule has 1 aromatic carbocycles. The molecule has 0 saturated carbocycles. The normalized spacial score (nSPS) is 12.7. The average molecular weight is 328 g/mol. The third kappa shape index (κ3) is 2.82. The van der Waals surface area contributed by atoms with Crippen LogP contribution in [0.1, 0.15) is 29.7 Å². The van der Waals surface area contributed by atoms with Crippen molar-refractivity contribution in [2.45, 2.75) is 19.9 Å². The van der Waals surface area contributed by atoms with Gasteiger partial charge in [0.1, 0.15) is 5.82 Å². The van der Waals surface area contributed by atoms with Crippen LogP contribution in [0.5, 0.6) is 0 Å². The molecule has 0 aliphatic carbocycles.